The SMILES string of the molecule is Cc1ccc(S(=O)(=O)NCC(=O)Nc2ccc([N+](=O)[O-])cc2)cc1. The highest BCUT2D eigenvalue weighted by Gasteiger charge is 2.15. The maximum Gasteiger partial charge on any atom is 0.269 e. The summed E-state index contributed by atoms with van der Waals surface area (Å²) >= 11 is 0. The van der Waals surface area contributed by atoms with Gasteiger partial charge in [-0.15, -0.1) is 0 Å². The third-order valence-corrected chi connectivity index (χ3v) is 4.53. The minimum Gasteiger partial charge on any atom is -0.325 e. The molecule has 0 saturated carbocycles. The Balaban J connectivity index is 1.95. The molecule has 8 nitrogen and oxygen atoms in total. The normalized spacial score (nSPS) is 11.0. The van der Waals surface area contributed by atoms with Crippen LogP contribution in [0.25, 0.3) is 0 Å². The Hall–Kier alpha value is -2.78. The zero-order valence-corrected chi connectivity index (χ0v) is 13.5. The third-order valence-electron chi connectivity index (χ3n) is 3.12. The van der Waals surface area contributed by atoms with E-state index in [9.17, 15) is 23.3 Å². The topological polar surface area (TPSA) is 118 Å². The van der Waals surface area contributed by atoms with Crippen molar-refractivity contribution >= 4 is 27.3 Å². The summed E-state index contributed by atoms with van der Waals surface area (Å²) in [6.45, 7) is 1.38. The molecular weight excluding hydrogens is 334 g/mol. The predicted octanol–water partition coefficient (Wildman–Crippen LogP) is 1.82. The van der Waals surface area contributed by atoms with Gasteiger partial charge in [-0.05, 0) is 31.2 Å². The Morgan fingerprint density at radius 3 is 2.21 bits per heavy atom. The molecule has 0 radical (unpaired) electrons. The van der Waals surface area contributed by atoms with Crippen LogP contribution < -0.4 is 10.0 Å². The number of nitrogens with zero attached hydrogens (tertiary/aromatic N) is 1. The van der Waals surface area contributed by atoms with Crippen molar-refractivity contribution in [3.05, 3.63) is 64.2 Å². The molecule has 0 fully saturated rings. The number of aryl methyl sites for hydroxylation is 1. The predicted molar refractivity (Wildman–Crippen MR) is 88.1 cm³/mol. The van der Waals surface area contributed by atoms with Crippen molar-refractivity contribution in [3.63, 3.8) is 0 Å². The van der Waals surface area contributed by atoms with Crippen molar-refractivity contribution in [2.75, 3.05) is 11.9 Å². The van der Waals surface area contributed by atoms with E-state index in [0.29, 0.717) is 5.69 Å². The molecule has 0 unspecified atom stereocenters. The molecule has 0 bridgehead atoms. The van der Waals surface area contributed by atoms with Crippen LogP contribution in [0.3, 0.4) is 0 Å². The van der Waals surface area contributed by atoms with Crippen LogP contribution in [0.1, 0.15) is 5.56 Å². The van der Waals surface area contributed by atoms with E-state index in [4.69, 9.17) is 0 Å². The number of hydrogen-bond donors (Lipinski definition) is 2. The fraction of sp³-hybridized carbons (Fsp3) is 0.133. The number of nitrogens with one attached hydrogen (secondary N) is 2. The Kier molecular flexibility index (Phi) is 5.27. The van der Waals surface area contributed by atoms with Gasteiger partial charge in [-0.3, -0.25) is 14.9 Å². The Morgan fingerprint density at radius 1 is 1.08 bits per heavy atom. The van der Waals surface area contributed by atoms with Gasteiger partial charge in [0.05, 0.1) is 16.4 Å². The van der Waals surface area contributed by atoms with Crippen molar-refractivity contribution in [1.29, 1.82) is 0 Å². The van der Waals surface area contributed by atoms with Crippen LogP contribution in [0.15, 0.2) is 53.4 Å². The second kappa shape index (κ2) is 7.20. The van der Waals surface area contributed by atoms with Crippen LogP contribution in [0.2, 0.25) is 0 Å². The highest BCUT2D eigenvalue weighted by atomic mass is 32.2. The van der Waals surface area contributed by atoms with Crippen LogP contribution in [0.4, 0.5) is 11.4 Å². The minimum atomic E-state index is -3.78. The standard InChI is InChI=1S/C15H15N3O5S/c1-11-2-8-14(9-3-11)24(22,23)16-10-15(19)17-12-4-6-13(7-5-12)18(20)21/h2-9,16H,10H2,1H3,(H,17,19). The van der Waals surface area contributed by atoms with Crippen LogP contribution in [-0.2, 0) is 14.8 Å². The fourth-order valence-corrected chi connectivity index (χ4v) is 2.82. The van der Waals surface area contributed by atoms with Crippen molar-refractivity contribution < 1.29 is 18.1 Å². The first-order valence-electron chi connectivity index (χ1n) is 6.88. The number of sulfonamides is 1. The summed E-state index contributed by atoms with van der Waals surface area (Å²) in [4.78, 5) is 21.8. The smallest absolute Gasteiger partial charge is 0.269 e. The summed E-state index contributed by atoms with van der Waals surface area (Å²) in [6.07, 6.45) is 0. The van der Waals surface area contributed by atoms with Gasteiger partial charge in [0.1, 0.15) is 0 Å². The second-order valence-corrected chi connectivity index (χ2v) is 6.76. The van der Waals surface area contributed by atoms with Crippen molar-refractivity contribution in [1.82, 2.24) is 4.72 Å². The van der Waals surface area contributed by atoms with Crippen molar-refractivity contribution in [2.45, 2.75) is 11.8 Å². The summed E-state index contributed by atoms with van der Waals surface area (Å²) in [6, 6.07) is 11.4. The molecule has 2 aromatic rings. The average Bonchev–Trinajstić information content (AvgIpc) is 2.54. The first-order valence-corrected chi connectivity index (χ1v) is 8.37. The molecule has 0 saturated heterocycles. The number of carbonyl (C=O) groups is 1. The molecule has 9 heteroatoms. The Morgan fingerprint density at radius 2 is 1.67 bits per heavy atom. The van der Waals surface area contributed by atoms with Gasteiger partial charge in [-0.1, -0.05) is 17.7 Å². The number of amides is 1. The molecule has 0 aliphatic rings. The summed E-state index contributed by atoms with van der Waals surface area (Å²) in [5.74, 6) is -0.584. The van der Waals surface area contributed by atoms with E-state index >= 15 is 0 Å². The van der Waals surface area contributed by atoms with Crippen molar-refractivity contribution in [2.24, 2.45) is 0 Å². The summed E-state index contributed by atoms with van der Waals surface area (Å²) in [5, 5.41) is 13.0. The number of carbonyl (C=O) groups excluding carboxylic acids is 1. The lowest BCUT2D eigenvalue weighted by Gasteiger charge is -2.08. The van der Waals surface area contributed by atoms with E-state index in [1.807, 2.05) is 6.92 Å². The molecule has 126 valence electrons. The van der Waals surface area contributed by atoms with Gasteiger partial charge < -0.3 is 5.32 Å². The molecule has 0 aromatic heterocycles. The molecule has 24 heavy (non-hydrogen) atoms. The summed E-state index contributed by atoms with van der Waals surface area (Å²) in [5.41, 5.74) is 1.15. The number of anilines is 1. The van der Waals surface area contributed by atoms with Gasteiger partial charge in [0.15, 0.2) is 0 Å². The van der Waals surface area contributed by atoms with Gasteiger partial charge in [0.25, 0.3) is 5.69 Å². The number of rotatable bonds is 6. The molecule has 0 atom stereocenters. The Labute approximate surface area is 138 Å². The zero-order chi connectivity index (χ0) is 17.7. The van der Waals surface area contributed by atoms with E-state index in [0.717, 1.165) is 5.56 Å². The van der Waals surface area contributed by atoms with Gasteiger partial charge in [0.2, 0.25) is 15.9 Å². The molecule has 0 heterocycles. The molecule has 2 aromatic carbocycles. The molecule has 1 amide bonds. The van der Waals surface area contributed by atoms with Gasteiger partial charge in [-0.2, -0.15) is 0 Å². The lowest BCUT2D eigenvalue weighted by molar-refractivity contribution is -0.384. The van der Waals surface area contributed by atoms with E-state index in [1.54, 1.807) is 12.1 Å². The second-order valence-electron chi connectivity index (χ2n) is 4.99. The lowest BCUT2D eigenvalue weighted by atomic mass is 10.2. The Bertz CT molecular complexity index is 846. The average molecular weight is 349 g/mol. The molecular formula is C15H15N3O5S. The van der Waals surface area contributed by atoms with Crippen LogP contribution in [0, 0.1) is 17.0 Å². The monoisotopic (exact) mass is 349 g/mol. The molecule has 0 spiro atoms. The fourth-order valence-electron chi connectivity index (χ4n) is 1.83. The number of non-ortho nitro benzene ring substituents is 1. The maximum atomic E-state index is 12.1. The van der Waals surface area contributed by atoms with E-state index in [1.165, 1.54) is 36.4 Å². The molecule has 2 N–H and O–H groups in total. The van der Waals surface area contributed by atoms with E-state index in [2.05, 4.69) is 10.0 Å². The largest absolute Gasteiger partial charge is 0.325 e. The van der Waals surface area contributed by atoms with Crippen molar-refractivity contribution in [3.8, 4) is 0 Å². The number of nitro benzene ring substituents is 1. The number of nitro groups is 1. The summed E-state index contributed by atoms with van der Waals surface area (Å²) in [7, 11) is -3.78. The summed E-state index contributed by atoms with van der Waals surface area (Å²) < 4.78 is 26.3. The number of hydrogen-bond acceptors (Lipinski definition) is 5. The minimum absolute atomic E-state index is 0.0660. The quantitative estimate of drug-likeness (QED) is 0.609. The zero-order valence-electron chi connectivity index (χ0n) is 12.7. The van der Waals surface area contributed by atoms with E-state index < -0.39 is 27.4 Å². The molecule has 0 aliphatic carbocycles. The molecule has 0 aliphatic heterocycles. The number of benzene rings is 2. The lowest BCUT2D eigenvalue weighted by Crippen LogP contribution is -2.32. The van der Waals surface area contributed by atoms with Crippen LogP contribution >= 0.6 is 0 Å². The van der Waals surface area contributed by atoms with Crippen LogP contribution in [0.5, 0.6) is 0 Å². The third kappa shape index (κ3) is 4.61. The van der Waals surface area contributed by atoms with Crippen LogP contribution in [-0.4, -0.2) is 25.8 Å². The highest BCUT2D eigenvalue weighted by Crippen LogP contribution is 2.15. The maximum absolute atomic E-state index is 12.1. The van der Waals surface area contributed by atoms with Gasteiger partial charge >= 0.3 is 0 Å². The van der Waals surface area contributed by atoms with E-state index in [-0.39, 0.29) is 10.6 Å². The van der Waals surface area contributed by atoms with Gasteiger partial charge in [-0.25, -0.2) is 13.1 Å². The first kappa shape index (κ1) is 17.6. The highest BCUT2D eigenvalue weighted by molar-refractivity contribution is 7.89. The molecule has 2 rings (SSSR count). The van der Waals surface area contributed by atoms with Gasteiger partial charge in [0, 0.05) is 17.8 Å². The first-order chi connectivity index (χ1) is 11.3.